The minimum absolute atomic E-state index is 0.0378. The largest absolute Gasteiger partial charge is 0.380 e. The summed E-state index contributed by atoms with van der Waals surface area (Å²) in [7, 11) is 1.64. The van der Waals surface area contributed by atoms with E-state index in [0.717, 1.165) is 19.1 Å². The number of Topliss-reactive ketones (excluding diaryl/α,β-unsaturated/α-hetero) is 1. The maximum Gasteiger partial charge on any atom is 0.323 e. The van der Waals surface area contributed by atoms with Crippen molar-refractivity contribution in [3.05, 3.63) is 17.7 Å². The number of hydrogen-bond donors (Lipinski definition) is 0. The number of ketones is 1. The fourth-order valence-electron chi connectivity index (χ4n) is 3.44. The summed E-state index contributed by atoms with van der Waals surface area (Å²) in [6.07, 6.45) is 6.95. The molecule has 0 bridgehead atoms. The predicted molar refractivity (Wildman–Crippen MR) is 58.9 cm³/mol. The van der Waals surface area contributed by atoms with E-state index in [1.54, 1.807) is 7.11 Å². The maximum absolute atomic E-state index is 12.0. The Labute approximate surface area is 94.9 Å². The summed E-state index contributed by atoms with van der Waals surface area (Å²) in [6, 6.07) is 0. The molecule has 2 aliphatic carbocycles. The lowest BCUT2D eigenvalue weighted by Crippen LogP contribution is -2.32. The topological polar surface area (TPSA) is 62.7 Å². The minimum Gasteiger partial charge on any atom is -0.380 e. The van der Waals surface area contributed by atoms with Gasteiger partial charge in [-0.1, -0.05) is 12.2 Å². The summed E-state index contributed by atoms with van der Waals surface area (Å²) in [5, 5.41) is 0. The Balaban J connectivity index is 2.32. The summed E-state index contributed by atoms with van der Waals surface area (Å²) >= 11 is 0. The third kappa shape index (κ3) is 1.24. The van der Waals surface area contributed by atoms with E-state index in [9.17, 15) is 4.79 Å². The Kier molecular flexibility index (Phi) is 2.78. The fourth-order valence-corrected chi connectivity index (χ4v) is 3.44. The number of carbonyl (C=O) groups excluding carboxylic acids is 1. The van der Waals surface area contributed by atoms with Gasteiger partial charge in [0.05, 0.1) is 11.5 Å². The third-order valence-corrected chi connectivity index (χ3v) is 4.05. The highest BCUT2D eigenvalue weighted by Gasteiger charge is 2.75. The fraction of sp³-hybridized carbons (Fsp3) is 0.667. The molecule has 16 heavy (non-hydrogen) atoms. The zero-order chi connectivity index (χ0) is 11.8. The third-order valence-electron chi connectivity index (χ3n) is 4.05. The lowest BCUT2D eigenvalue weighted by Gasteiger charge is -2.19. The van der Waals surface area contributed by atoms with Crippen LogP contribution >= 0.6 is 0 Å². The van der Waals surface area contributed by atoms with Crippen LogP contribution in [-0.2, 0) is 9.53 Å². The molecular weight excluding hydrogens is 204 g/mol. The zero-order valence-electron chi connectivity index (χ0n) is 9.59. The molecule has 0 N–H and O–H groups in total. The van der Waals surface area contributed by atoms with Crippen LogP contribution in [0.25, 0.3) is 5.53 Å². The molecule has 0 aromatic carbocycles. The summed E-state index contributed by atoms with van der Waals surface area (Å²) in [6.45, 7) is 1.95. The highest BCUT2D eigenvalue weighted by Crippen LogP contribution is 2.69. The number of rotatable bonds is 4. The number of hydrogen-bond acceptors (Lipinski definition) is 2. The van der Waals surface area contributed by atoms with Crippen molar-refractivity contribution in [2.75, 3.05) is 7.11 Å². The number of methoxy groups -OCH3 is 1. The van der Waals surface area contributed by atoms with Crippen molar-refractivity contribution < 1.29 is 14.3 Å². The van der Waals surface area contributed by atoms with Gasteiger partial charge in [-0.25, -0.2) is 0 Å². The molecule has 4 heteroatoms. The van der Waals surface area contributed by atoms with Gasteiger partial charge in [-0.15, -0.1) is 0 Å². The number of ether oxygens (including phenoxy) is 1. The van der Waals surface area contributed by atoms with Gasteiger partial charge in [-0.2, -0.15) is 4.79 Å². The van der Waals surface area contributed by atoms with Crippen LogP contribution < -0.4 is 0 Å². The van der Waals surface area contributed by atoms with Crippen LogP contribution in [-0.4, -0.2) is 30.0 Å². The monoisotopic (exact) mass is 220 g/mol. The van der Waals surface area contributed by atoms with E-state index >= 15 is 0 Å². The molecule has 0 amide bonds. The second-order valence-electron chi connectivity index (χ2n) is 4.50. The van der Waals surface area contributed by atoms with Crippen molar-refractivity contribution in [1.29, 1.82) is 0 Å². The van der Waals surface area contributed by atoms with E-state index in [0.29, 0.717) is 5.92 Å². The van der Waals surface area contributed by atoms with Gasteiger partial charge in [0.15, 0.2) is 0 Å². The number of nitrogens with zero attached hydrogens (tertiary/aromatic N) is 2. The summed E-state index contributed by atoms with van der Waals surface area (Å²) < 4.78 is 5.41. The van der Waals surface area contributed by atoms with Gasteiger partial charge >= 0.3 is 6.21 Å². The molecule has 2 saturated carbocycles. The van der Waals surface area contributed by atoms with Gasteiger partial charge in [-0.05, 0) is 31.6 Å². The summed E-state index contributed by atoms with van der Waals surface area (Å²) in [5.41, 5.74) is 8.04. The van der Waals surface area contributed by atoms with E-state index in [2.05, 4.69) is 10.9 Å². The lowest BCUT2D eigenvalue weighted by atomic mass is 9.91. The first-order valence-corrected chi connectivity index (χ1v) is 5.60. The molecule has 0 unspecified atom stereocenters. The molecule has 86 valence electrons. The highest BCUT2D eigenvalue weighted by atomic mass is 16.5. The quantitative estimate of drug-likeness (QED) is 0.312. The van der Waals surface area contributed by atoms with E-state index in [4.69, 9.17) is 10.3 Å². The molecule has 0 spiro atoms. The van der Waals surface area contributed by atoms with Crippen LogP contribution in [0.2, 0.25) is 0 Å². The molecule has 0 saturated heterocycles. The van der Waals surface area contributed by atoms with Crippen LogP contribution in [0.3, 0.4) is 0 Å². The van der Waals surface area contributed by atoms with Gasteiger partial charge in [-0.3, -0.25) is 4.79 Å². The van der Waals surface area contributed by atoms with Gasteiger partial charge < -0.3 is 10.3 Å². The number of carbonyl (C=O) groups is 1. The zero-order valence-corrected chi connectivity index (χ0v) is 9.59. The SMILES string of the molecule is C/C=C/[C@H]1[C@@H]2CC[C@H](OC)[C@]12C(=O)C=[N+]=[N-]. The second-order valence-corrected chi connectivity index (χ2v) is 4.50. The van der Waals surface area contributed by atoms with Crippen molar-refractivity contribution in [2.45, 2.75) is 25.9 Å². The Morgan fingerprint density at radius 2 is 2.31 bits per heavy atom. The van der Waals surface area contributed by atoms with E-state index < -0.39 is 5.41 Å². The molecule has 4 nitrogen and oxygen atoms in total. The standard InChI is InChI=1S/C12H16N2O2/c1-3-4-8-9-5-6-11(16-2)12(8,9)10(15)7-14-13/h3-4,7-9,11H,5-6H2,1-2H3/b4-3+/t8-,9-,11-,12+/m0/s1. The molecule has 0 radical (unpaired) electrons. The average Bonchev–Trinajstić information content (AvgIpc) is 2.74. The normalized spacial score (nSPS) is 40.5. The molecule has 0 aromatic heterocycles. The Morgan fingerprint density at radius 3 is 2.88 bits per heavy atom. The average molecular weight is 220 g/mol. The second kappa shape index (κ2) is 3.96. The van der Waals surface area contributed by atoms with Crippen LogP contribution in [0.4, 0.5) is 0 Å². The van der Waals surface area contributed by atoms with Gasteiger partial charge in [0.2, 0.25) is 5.78 Å². The van der Waals surface area contributed by atoms with Crippen molar-refractivity contribution in [2.24, 2.45) is 17.3 Å². The molecule has 0 aliphatic heterocycles. The smallest absolute Gasteiger partial charge is 0.323 e. The Morgan fingerprint density at radius 1 is 1.56 bits per heavy atom. The highest BCUT2D eigenvalue weighted by molar-refractivity contribution is 6.29. The van der Waals surface area contributed by atoms with Gasteiger partial charge in [0.1, 0.15) is 0 Å². The summed E-state index contributed by atoms with van der Waals surface area (Å²) in [5.74, 6) is 0.508. The van der Waals surface area contributed by atoms with Crippen molar-refractivity contribution in [3.8, 4) is 0 Å². The maximum atomic E-state index is 12.0. The van der Waals surface area contributed by atoms with Gasteiger partial charge in [0.25, 0.3) is 0 Å². The van der Waals surface area contributed by atoms with E-state index in [-0.39, 0.29) is 17.8 Å². The molecule has 0 aromatic rings. The minimum atomic E-state index is -0.451. The number of allylic oxidation sites excluding steroid dienone is 2. The van der Waals surface area contributed by atoms with Crippen LogP contribution in [0.5, 0.6) is 0 Å². The van der Waals surface area contributed by atoms with E-state index in [1.807, 2.05) is 13.0 Å². The van der Waals surface area contributed by atoms with Crippen LogP contribution in [0, 0.1) is 17.3 Å². The molecular formula is C12H16N2O2. The number of fused-ring (bicyclic) bond motifs is 1. The van der Waals surface area contributed by atoms with Crippen molar-refractivity contribution >= 4 is 12.0 Å². The van der Waals surface area contributed by atoms with Crippen molar-refractivity contribution in [3.63, 3.8) is 0 Å². The molecule has 2 aliphatic rings. The van der Waals surface area contributed by atoms with Gasteiger partial charge in [0, 0.05) is 7.11 Å². The molecule has 2 rings (SSSR count). The molecule has 4 atom stereocenters. The lowest BCUT2D eigenvalue weighted by molar-refractivity contribution is -0.125. The Hall–Kier alpha value is -1.25. The first-order chi connectivity index (χ1) is 7.73. The summed E-state index contributed by atoms with van der Waals surface area (Å²) in [4.78, 5) is 14.9. The van der Waals surface area contributed by atoms with Crippen LogP contribution in [0.15, 0.2) is 12.2 Å². The van der Waals surface area contributed by atoms with Crippen LogP contribution in [0.1, 0.15) is 19.8 Å². The first-order valence-electron chi connectivity index (χ1n) is 5.60. The van der Waals surface area contributed by atoms with Crippen molar-refractivity contribution in [1.82, 2.24) is 0 Å². The first kappa shape index (κ1) is 11.2. The molecule has 0 heterocycles. The van der Waals surface area contributed by atoms with E-state index in [1.165, 1.54) is 0 Å². The predicted octanol–water partition coefficient (Wildman–Crippen LogP) is 1.47. The molecule has 2 fully saturated rings. The Bertz CT molecular complexity index is 384.